The fourth-order valence-corrected chi connectivity index (χ4v) is 5.75. The summed E-state index contributed by atoms with van der Waals surface area (Å²) in [6.45, 7) is 0. The topological polar surface area (TPSA) is 49.7 Å². The van der Waals surface area contributed by atoms with Gasteiger partial charge in [-0.1, -0.05) is 35.5 Å². The van der Waals surface area contributed by atoms with Crippen LogP contribution in [0.4, 0.5) is 0 Å². The number of sulfone groups is 1. The number of hydrogen-bond acceptors (Lipinski definition) is 5. The van der Waals surface area contributed by atoms with Crippen molar-refractivity contribution in [3.05, 3.63) is 34.9 Å². The zero-order valence-electron chi connectivity index (χ0n) is 11.0. The quantitative estimate of drug-likeness (QED) is 0.832. The van der Waals surface area contributed by atoms with Gasteiger partial charge in [0.1, 0.15) is 0 Å². The number of hydrogen-bond donors (Lipinski definition) is 0. The Labute approximate surface area is 128 Å². The molecule has 0 spiro atoms. The summed E-state index contributed by atoms with van der Waals surface area (Å²) in [5.74, 6) is 1.19. The monoisotopic (exact) mass is 330 g/mol. The van der Waals surface area contributed by atoms with Crippen LogP contribution in [0.25, 0.3) is 0 Å². The van der Waals surface area contributed by atoms with Gasteiger partial charge in [-0.3, -0.25) is 4.99 Å². The van der Waals surface area contributed by atoms with E-state index in [1.54, 1.807) is 11.8 Å². The Kier molecular flexibility index (Phi) is 3.73. The van der Waals surface area contributed by atoms with E-state index in [2.05, 4.69) is 4.99 Å². The number of nitrogens with zero attached hydrogens (tertiary/aromatic N) is 2. The van der Waals surface area contributed by atoms with E-state index in [0.717, 1.165) is 21.5 Å². The third-order valence-corrected chi connectivity index (χ3v) is 6.69. The largest absolute Gasteiger partial charge is 0.348 e. The predicted octanol–water partition coefficient (Wildman–Crippen LogP) is 2.04. The lowest BCUT2D eigenvalue weighted by Crippen LogP contribution is -2.35. The molecule has 0 aromatic heterocycles. The van der Waals surface area contributed by atoms with Crippen molar-refractivity contribution in [1.29, 1.82) is 0 Å². The predicted molar refractivity (Wildman–Crippen MR) is 84.2 cm³/mol. The number of rotatable bonds is 2. The molecule has 1 fully saturated rings. The van der Waals surface area contributed by atoms with Crippen LogP contribution < -0.4 is 0 Å². The van der Waals surface area contributed by atoms with Crippen LogP contribution in [0.1, 0.15) is 5.56 Å². The Hall–Kier alpha value is -0.720. The maximum Gasteiger partial charge on any atom is 0.159 e. The smallest absolute Gasteiger partial charge is 0.159 e. The normalized spacial score (nSPS) is 27.5. The van der Waals surface area contributed by atoms with Crippen LogP contribution in [0.5, 0.6) is 0 Å². The van der Waals surface area contributed by atoms with Gasteiger partial charge in [-0.05, 0) is 17.7 Å². The number of likely N-dealkylation sites (N-methyl/N-ethyl adjacent to an activating group) is 1. The van der Waals surface area contributed by atoms with Crippen LogP contribution >= 0.6 is 23.4 Å². The number of halogens is 1. The third kappa shape index (κ3) is 2.82. The van der Waals surface area contributed by atoms with E-state index in [1.165, 1.54) is 0 Å². The molecule has 7 heteroatoms. The standard InChI is InChI=1S/C13H15ClN2O2S2/c1-16-12-8-20(17,18)7-11(12)15-13(16)19-6-9-3-2-4-10(14)5-9/h2-5,11-12H,6-8H2,1H3/t11-,12+/m1/s1. The highest BCUT2D eigenvalue weighted by Crippen LogP contribution is 2.31. The van der Waals surface area contributed by atoms with Gasteiger partial charge in [0.15, 0.2) is 15.0 Å². The van der Waals surface area contributed by atoms with Crippen LogP contribution in [-0.2, 0) is 15.6 Å². The average Bonchev–Trinajstić information content (AvgIpc) is 2.81. The molecular formula is C13H15ClN2O2S2. The van der Waals surface area contributed by atoms with Crippen LogP contribution in [-0.4, -0.2) is 49.1 Å². The average molecular weight is 331 g/mol. The van der Waals surface area contributed by atoms with Gasteiger partial charge in [-0.15, -0.1) is 0 Å². The molecule has 0 saturated carbocycles. The molecule has 0 bridgehead atoms. The summed E-state index contributed by atoms with van der Waals surface area (Å²) >= 11 is 7.59. The molecule has 3 rings (SSSR count). The Balaban J connectivity index is 1.68. The molecule has 2 atom stereocenters. The van der Waals surface area contributed by atoms with E-state index in [1.807, 2.05) is 36.2 Å². The van der Waals surface area contributed by atoms with E-state index in [4.69, 9.17) is 11.6 Å². The maximum atomic E-state index is 11.6. The molecule has 1 aromatic carbocycles. The number of benzene rings is 1. The zero-order valence-corrected chi connectivity index (χ0v) is 13.4. The highest BCUT2D eigenvalue weighted by atomic mass is 35.5. The zero-order chi connectivity index (χ0) is 14.3. The number of aliphatic imine (C=N–C) groups is 1. The molecule has 0 radical (unpaired) electrons. The Bertz CT molecular complexity index is 660. The highest BCUT2D eigenvalue weighted by Gasteiger charge is 2.44. The van der Waals surface area contributed by atoms with Gasteiger partial charge in [0.2, 0.25) is 0 Å². The minimum atomic E-state index is -2.91. The van der Waals surface area contributed by atoms with Gasteiger partial charge in [0.25, 0.3) is 0 Å². The molecule has 1 aromatic rings. The van der Waals surface area contributed by atoms with Crippen LogP contribution in [0.2, 0.25) is 5.02 Å². The molecule has 1 saturated heterocycles. The van der Waals surface area contributed by atoms with Crippen LogP contribution in [0.15, 0.2) is 29.3 Å². The minimum Gasteiger partial charge on any atom is -0.348 e. The second-order valence-electron chi connectivity index (χ2n) is 5.15. The van der Waals surface area contributed by atoms with Crippen molar-refractivity contribution in [2.24, 2.45) is 4.99 Å². The van der Waals surface area contributed by atoms with Crippen molar-refractivity contribution in [2.45, 2.75) is 17.8 Å². The molecule has 2 heterocycles. The molecule has 0 N–H and O–H groups in total. The molecule has 4 nitrogen and oxygen atoms in total. The first-order valence-electron chi connectivity index (χ1n) is 6.33. The summed E-state index contributed by atoms with van der Waals surface area (Å²) in [6, 6.07) is 7.67. The second-order valence-corrected chi connectivity index (χ2v) is 8.69. The van der Waals surface area contributed by atoms with Gasteiger partial charge >= 0.3 is 0 Å². The number of thioether (sulfide) groups is 1. The second kappa shape index (κ2) is 5.24. The molecule has 20 heavy (non-hydrogen) atoms. The lowest BCUT2D eigenvalue weighted by molar-refractivity contribution is 0.410. The summed E-state index contributed by atoms with van der Waals surface area (Å²) in [5.41, 5.74) is 1.14. The van der Waals surface area contributed by atoms with Crippen molar-refractivity contribution in [2.75, 3.05) is 18.6 Å². The van der Waals surface area contributed by atoms with Gasteiger partial charge in [0, 0.05) is 17.8 Å². The van der Waals surface area contributed by atoms with Crippen molar-refractivity contribution in [1.82, 2.24) is 4.90 Å². The summed E-state index contributed by atoms with van der Waals surface area (Å²) in [5, 5.41) is 1.66. The number of amidine groups is 1. The molecule has 2 aliphatic heterocycles. The highest BCUT2D eigenvalue weighted by molar-refractivity contribution is 8.13. The van der Waals surface area contributed by atoms with Crippen molar-refractivity contribution in [3.8, 4) is 0 Å². The van der Waals surface area contributed by atoms with Crippen molar-refractivity contribution in [3.63, 3.8) is 0 Å². The van der Waals surface area contributed by atoms with Crippen LogP contribution in [0, 0.1) is 0 Å². The van der Waals surface area contributed by atoms with Gasteiger partial charge < -0.3 is 4.90 Å². The van der Waals surface area contributed by atoms with Crippen molar-refractivity contribution < 1.29 is 8.42 Å². The number of fused-ring (bicyclic) bond motifs is 1. The molecule has 0 aliphatic carbocycles. The van der Waals surface area contributed by atoms with E-state index < -0.39 is 9.84 Å². The summed E-state index contributed by atoms with van der Waals surface area (Å²) in [4.78, 5) is 6.56. The first-order chi connectivity index (χ1) is 9.44. The first kappa shape index (κ1) is 14.2. The Morgan fingerprint density at radius 3 is 2.95 bits per heavy atom. The molecular weight excluding hydrogens is 316 g/mol. The van der Waals surface area contributed by atoms with E-state index in [-0.39, 0.29) is 23.6 Å². The van der Waals surface area contributed by atoms with Gasteiger partial charge in [-0.25, -0.2) is 8.42 Å². The van der Waals surface area contributed by atoms with E-state index >= 15 is 0 Å². The SMILES string of the molecule is CN1C(SCc2cccc(Cl)c2)=N[C@@H]2CS(=O)(=O)C[C@@H]21. The van der Waals surface area contributed by atoms with Gasteiger partial charge in [-0.2, -0.15) is 0 Å². The minimum absolute atomic E-state index is 0.0156. The van der Waals surface area contributed by atoms with Gasteiger partial charge in [0.05, 0.1) is 23.6 Å². The molecule has 2 aliphatic rings. The van der Waals surface area contributed by atoms with Crippen LogP contribution in [0.3, 0.4) is 0 Å². The Morgan fingerprint density at radius 2 is 2.25 bits per heavy atom. The summed E-state index contributed by atoms with van der Waals surface area (Å²) in [6.07, 6.45) is 0. The summed E-state index contributed by atoms with van der Waals surface area (Å²) in [7, 11) is -0.984. The van der Waals surface area contributed by atoms with E-state index in [9.17, 15) is 8.42 Å². The molecule has 108 valence electrons. The van der Waals surface area contributed by atoms with Crippen molar-refractivity contribution >= 4 is 38.4 Å². The lowest BCUT2D eigenvalue weighted by Gasteiger charge is -2.20. The molecule has 0 unspecified atom stereocenters. The van der Waals surface area contributed by atoms with E-state index in [0.29, 0.717) is 0 Å². The lowest BCUT2D eigenvalue weighted by atomic mass is 10.2. The fourth-order valence-electron chi connectivity index (χ4n) is 2.59. The maximum absolute atomic E-state index is 11.6. The molecule has 0 amide bonds. The summed E-state index contributed by atoms with van der Waals surface area (Å²) < 4.78 is 23.2. The first-order valence-corrected chi connectivity index (χ1v) is 9.51. The Morgan fingerprint density at radius 1 is 1.45 bits per heavy atom. The fraction of sp³-hybridized carbons (Fsp3) is 0.462. The third-order valence-electron chi connectivity index (χ3n) is 3.63.